The number of hydrogen-bond acceptors (Lipinski definition) is 7. The summed E-state index contributed by atoms with van der Waals surface area (Å²) in [6, 6.07) is 7.47. The number of carbonyl (C=O) groups excluding carboxylic acids is 1. The molecular weight excluding hydrogens is 338 g/mol. The quantitative estimate of drug-likeness (QED) is 0.763. The molecule has 0 unspecified atom stereocenters. The van der Waals surface area contributed by atoms with Gasteiger partial charge in [0, 0.05) is 25.3 Å². The molecule has 0 saturated carbocycles. The lowest BCUT2D eigenvalue weighted by molar-refractivity contribution is 0.0915. The molecule has 1 aliphatic rings. The minimum Gasteiger partial charge on any atom is -0.494 e. The van der Waals surface area contributed by atoms with Gasteiger partial charge in [-0.1, -0.05) is 0 Å². The van der Waals surface area contributed by atoms with Gasteiger partial charge in [-0.3, -0.25) is 14.2 Å². The first kappa shape index (κ1) is 17.9. The van der Waals surface area contributed by atoms with E-state index in [1.807, 2.05) is 36.1 Å². The van der Waals surface area contributed by atoms with Gasteiger partial charge < -0.3 is 20.1 Å². The third kappa shape index (κ3) is 3.52. The summed E-state index contributed by atoms with van der Waals surface area (Å²) >= 11 is 0. The maximum atomic E-state index is 12.6. The van der Waals surface area contributed by atoms with Gasteiger partial charge in [-0.2, -0.15) is 0 Å². The van der Waals surface area contributed by atoms with E-state index in [2.05, 4.69) is 15.5 Å². The van der Waals surface area contributed by atoms with Crippen molar-refractivity contribution in [3.05, 3.63) is 40.3 Å². The molecule has 1 aromatic carbocycles. The number of hydrogen-bond donors (Lipinski definition) is 2. The summed E-state index contributed by atoms with van der Waals surface area (Å²) in [4.78, 5) is 26.5. The van der Waals surface area contributed by atoms with Crippen molar-refractivity contribution in [1.29, 1.82) is 0 Å². The Hall–Kier alpha value is -2.94. The number of nitrogens with one attached hydrogen (secondary N) is 1. The molecule has 1 aromatic heterocycles. The smallest absolute Gasteiger partial charge is 0.286 e. The highest BCUT2D eigenvalue weighted by Gasteiger charge is 2.27. The van der Waals surface area contributed by atoms with Crippen LogP contribution >= 0.6 is 0 Å². The van der Waals surface area contributed by atoms with E-state index in [9.17, 15) is 14.7 Å². The number of rotatable bonds is 6. The number of ether oxygens (including phenoxy) is 1. The summed E-state index contributed by atoms with van der Waals surface area (Å²) in [5.74, 6) is 0.522. The van der Waals surface area contributed by atoms with Crippen molar-refractivity contribution in [1.82, 2.24) is 20.1 Å². The molecule has 0 bridgehead atoms. The van der Waals surface area contributed by atoms with Crippen molar-refractivity contribution in [3.63, 3.8) is 0 Å². The average molecular weight is 359 g/mol. The maximum Gasteiger partial charge on any atom is 0.286 e. The minimum absolute atomic E-state index is 0.0417. The van der Waals surface area contributed by atoms with Crippen LogP contribution in [0.3, 0.4) is 0 Å². The van der Waals surface area contributed by atoms with E-state index in [0.29, 0.717) is 25.6 Å². The molecule has 2 N–H and O–H groups in total. The Morgan fingerprint density at radius 3 is 2.69 bits per heavy atom. The number of nitrogens with zero attached hydrogens (tertiary/aromatic N) is 4. The van der Waals surface area contributed by atoms with E-state index in [4.69, 9.17) is 4.74 Å². The first-order chi connectivity index (χ1) is 12.5. The van der Waals surface area contributed by atoms with Gasteiger partial charge in [0.15, 0.2) is 0 Å². The number of carbonyl (C=O) groups is 1. The van der Waals surface area contributed by atoms with Gasteiger partial charge in [-0.15, -0.1) is 10.2 Å². The fraction of sp³-hybridized carbons (Fsp3) is 0.412. The standard InChI is InChI=1S/C17H21N5O4/c1-3-26-13-6-4-12(5-7-13)21-8-9-22-16(25)14(19-20-17(21)22)15(24)18-10-11(2)23/h4-7,11,23H,3,8-10H2,1-2H3,(H,18,24)/t11-/m1/s1. The molecule has 3 rings (SSSR count). The van der Waals surface area contributed by atoms with Crippen LogP contribution in [0.5, 0.6) is 5.75 Å². The summed E-state index contributed by atoms with van der Waals surface area (Å²) in [6.07, 6.45) is -0.709. The van der Waals surface area contributed by atoms with Crippen molar-refractivity contribution in [2.45, 2.75) is 26.5 Å². The number of amides is 1. The fourth-order valence-electron chi connectivity index (χ4n) is 2.71. The molecule has 1 atom stereocenters. The Morgan fingerprint density at radius 2 is 2.04 bits per heavy atom. The highest BCUT2D eigenvalue weighted by Crippen LogP contribution is 2.28. The van der Waals surface area contributed by atoms with Crippen LogP contribution in [-0.4, -0.2) is 51.6 Å². The molecule has 0 aliphatic carbocycles. The Labute approximate surface area is 150 Å². The van der Waals surface area contributed by atoms with Gasteiger partial charge in [0.1, 0.15) is 5.75 Å². The summed E-state index contributed by atoms with van der Waals surface area (Å²) in [5.41, 5.74) is 0.0918. The highest BCUT2D eigenvalue weighted by molar-refractivity contribution is 5.91. The van der Waals surface area contributed by atoms with Crippen molar-refractivity contribution in [2.24, 2.45) is 0 Å². The second-order valence-electron chi connectivity index (χ2n) is 5.94. The number of aliphatic hydroxyl groups is 1. The molecule has 0 radical (unpaired) electrons. The van der Waals surface area contributed by atoms with E-state index in [-0.39, 0.29) is 12.2 Å². The van der Waals surface area contributed by atoms with Gasteiger partial charge in [-0.05, 0) is 38.1 Å². The first-order valence-electron chi connectivity index (χ1n) is 8.45. The maximum absolute atomic E-state index is 12.6. The lowest BCUT2D eigenvalue weighted by Crippen LogP contribution is -2.37. The van der Waals surface area contributed by atoms with Gasteiger partial charge in [0.2, 0.25) is 11.6 Å². The van der Waals surface area contributed by atoms with Crippen molar-refractivity contribution in [2.75, 3.05) is 24.6 Å². The highest BCUT2D eigenvalue weighted by atomic mass is 16.5. The van der Waals surface area contributed by atoms with E-state index >= 15 is 0 Å². The Balaban J connectivity index is 1.84. The van der Waals surface area contributed by atoms with E-state index in [0.717, 1.165) is 11.4 Å². The van der Waals surface area contributed by atoms with E-state index in [1.165, 1.54) is 11.5 Å². The average Bonchev–Trinajstić information content (AvgIpc) is 3.06. The third-order valence-electron chi connectivity index (χ3n) is 3.95. The van der Waals surface area contributed by atoms with Crippen molar-refractivity contribution >= 4 is 17.5 Å². The minimum atomic E-state index is -0.709. The lowest BCUT2D eigenvalue weighted by atomic mass is 10.3. The van der Waals surface area contributed by atoms with Gasteiger partial charge in [-0.25, -0.2) is 0 Å². The SMILES string of the molecule is CCOc1ccc(N2CCn3c2nnc(C(=O)NC[C@@H](C)O)c3=O)cc1. The topological polar surface area (TPSA) is 110 Å². The van der Waals surface area contributed by atoms with Crippen LogP contribution < -0.4 is 20.5 Å². The second-order valence-corrected chi connectivity index (χ2v) is 5.94. The molecule has 1 aliphatic heterocycles. The Morgan fingerprint density at radius 1 is 1.31 bits per heavy atom. The summed E-state index contributed by atoms with van der Waals surface area (Å²) in [7, 11) is 0. The first-order valence-corrected chi connectivity index (χ1v) is 8.45. The molecule has 0 saturated heterocycles. The van der Waals surface area contributed by atoms with E-state index < -0.39 is 17.6 Å². The van der Waals surface area contributed by atoms with Gasteiger partial charge in [0.25, 0.3) is 11.5 Å². The number of anilines is 2. The summed E-state index contributed by atoms with van der Waals surface area (Å²) in [5, 5.41) is 19.6. The van der Waals surface area contributed by atoms with Gasteiger partial charge >= 0.3 is 0 Å². The normalized spacial score (nSPS) is 14.0. The summed E-state index contributed by atoms with van der Waals surface area (Å²) < 4.78 is 6.86. The van der Waals surface area contributed by atoms with Crippen molar-refractivity contribution < 1.29 is 14.6 Å². The number of aliphatic hydroxyl groups excluding tert-OH is 1. The zero-order chi connectivity index (χ0) is 18.7. The van der Waals surface area contributed by atoms with Crippen LogP contribution in [0.4, 0.5) is 11.6 Å². The fourth-order valence-corrected chi connectivity index (χ4v) is 2.71. The number of aromatic nitrogens is 3. The molecule has 9 nitrogen and oxygen atoms in total. The Kier molecular flexibility index (Phi) is 5.17. The monoisotopic (exact) mass is 359 g/mol. The number of benzene rings is 1. The molecule has 26 heavy (non-hydrogen) atoms. The molecule has 2 heterocycles. The largest absolute Gasteiger partial charge is 0.494 e. The lowest BCUT2D eigenvalue weighted by Gasteiger charge is -2.17. The molecule has 2 aromatic rings. The second kappa shape index (κ2) is 7.52. The van der Waals surface area contributed by atoms with Crippen LogP contribution in [0.25, 0.3) is 0 Å². The van der Waals surface area contributed by atoms with Crippen LogP contribution in [0.2, 0.25) is 0 Å². The molecule has 0 fully saturated rings. The van der Waals surface area contributed by atoms with Crippen molar-refractivity contribution in [3.8, 4) is 5.75 Å². The Bertz CT molecular complexity index is 847. The molecule has 138 valence electrons. The third-order valence-corrected chi connectivity index (χ3v) is 3.95. The zero-order valence-corrected chi connectivity index (χ0v) is 14.7. The molecular formula is C17H21N5O4. The van der Waals surface area contributed by atoms with E-state index in [1.54, 1.807) is 0 Å². The predicted octanol–water partition coefficient (Wildman–Crippen LogP) is 0.299. The van der Waals surface area contributed by atoms with Crippen LogP contribution in [0.15, 0.2) is 29.1 Å². The van der Waals surface area contributed by atoms with Crippen LogP contribution in [0.1, 0.15) is 24.3 Å². The number of fused-ring (bicyclic) bond motifs is 1. The predicted molar refractivity (Wildman–Crippen MR) is 94.9 cm³/mol. The van der Waals surface area contributed by atoms with Crippen LogP contribution in [-0.2, 0) is 6.54 Å². The zero-order valence-electron chi connectivity index (χ0n) is 14.7. The molecule has 1 amide bonds. The summed E-state index contributed by atoms with van der Waals surface area (Å²) in [6.45, 7) is 5.05. The molecule has 9 heteroatoms. The van der Waals surface area contributed by atoms with Gasteiger partial charge in [0.05, 0.1) is 12.7 Å². The molecule has 0 spiro atoms. The van der Waals surface area contributed by atoms with Crippen LogP contribution in [0, 0.1) is 0 Å².